The number of aryl methyl sites for hydroxylation is 1. The van der Waals surface area contributed by atoms with Gasteiger partial charge >= 0.3 is 11.7 Å². The summed E-state index contributed by atoms with van der Waals surface area (Å²) in [6.45, 7) is 5.53. The van der Waals surface area contributed by atoms with Gasteiger partial charge in [0, 0.05) is 20.5 Å². The number of thioether (sulfide) groups is 1. The van der Waals surface area contributed by atoms with E-state index in [-0.39, 0.29) is 17.0 Å². The Bertz CT molecular complexity index is 916. The van der Waals surface area contributed by atoms with Crippen LogP contribution < -0.4 is 11.2 Å². The predicted molar refractivity (Wildman–Crippen MR) is 91.5 cm³/mol. The fourth-order valence-electron chi connectivity index (χ4n) is 2.23. The lowest BCUT2D eigenvalue weighted by atomic mass is 10.1. The van der Waals surface area contributed by atoms with Crippen LogP contribution in [0.3, 0.4) is 0 Å². The second-order valence-corrected chi connectivity index (χ2v) is 7.38. The zero-order valence-electron chi connectivity index (χ0n) is 14.2. The topological polar surface area (TPSA) is 107 Å². The van der Waals surface area contributed by atoms with E-state index in [9.17, 15) is 14.4 Å². The molecule has 130 valence electrons. The first-order valence-corrected chi connectivity index (χ1v) is 8.37. The summed E-state index contributed by atoms with van der Waals surface area (Å²) in [4.78, 5) is 44.6. The number of fused-ring (bicyclic) bond motifs is 1. The van der Waals surface area contributed by atoms with Gasteiger partial charge in [0.1, 0.15) is 21.5 Å². The molecule has 0 fully saturated rings. The van der Waals surface area contributed by atoms with Gasteiger partial charge in [-0.05, 0) is 12.8 Å². The molecule has 2 heterocycles. The number of carbonyl (C=O) groups is 1. The van der Waals surface area contributed by atoms with Gasteiger partial charge in [0.25, 0.3) is 5.56 Å². The summed E-state index contributed by atoms with van der Waals surface area (Å²) in [5, 5.41) is 8.83. The average Bonchev–Trinajstić information content (AvgIpc) is 2.49. The third kappa shape index (κ3) is 3.35. The largest absolute Gasteiger partial charge is 0.480 e. The molecule has 1 N–H and O–H groups in total. The molecule has 0 aliphatic heterocycles. The molecule has 0 unspecified atom stereocenters. The molecule has 0 saturated heterocycles. The van der Waals surface area contributed by atoms with E-state index in [1.54, 1.807) is 0 Å². The normalized spacial score (nSPS) is 12.8. The minimum atomic E-state index is -1.00. The molecular weight excluding hydrogens is 332 g/mol. The smallest absolute Gasteiger partial charge is 0.332 e. The van der Waals surface area contributed by atoms with Crippen molar-refractivity contribution in [1.82, 2.24) is 19.1 Å². The maximum absolute atomic E-state index is 12.5. The summed E-state index contributed by atoms with van der Waals surface area (Å²) in [7, 11) is 2.91. The predicted octanol–water partition coefficient (Wildman–Crippen LogP) is 0.791. The minimum absolute atomic E-state index is 0.171. The molecule has 8 nitrogen and oxygen atoms in total. The Morgan fingerprint density at radius 1 is 1.17 bits per heavy atom. The van der Waals surface area contributed by atoms with Crippen LogP contribution in [0.2, 0.25) is 0 Å². The van der Waals surface area contributed by atoms with E-state index in [2.05, 4.69) is 9.97 Å². The molecule has 2 aromatic rings. The monoisotopic (exact) mass is 352 g/mol. The van der Waals surface area contributed by atoms with Crippen molar-refractivity contribution < 1.29 is 9.90 Å². The van der Waals surface area contributed by atoms with Crippen molar-refractivity contribution in [1.29, 1.82) is 0 Å². The van der Waals surface area contributed by atoms with E-state index in [1.165, 1.54) is 25.6 Å². The molecule has 0 saturated carbocycles. The van der Waals surface area contributed by atoms with Gasteiger partial charge in [-0.25, -0.2) is 14.8 Å². The Kier molecular flexibility index (Phi) is 5.12. The average molecular weight is 352 g/mol. The summed E-state index contributed by atoms with van der Waals surface area (Å²) in [5.74, 6) is -0.236. The van der Waals surface area contributed by atoms with Crippen molar-refractivity contribution in [3.63, 3.8) is 0 Å². The number of hydrogen-bond acceptors (Lipinski definition) is 6. The molecule has 0 aromatic carbocycles. The Balaban J connectivity index is 2.83. The first kappa shape index (κ1) is 18.2. The number of carboxylic acid groups (broad SMARTS) is 1. The van der Waals surface area contributed by atoms with E-state index in [1.807, 2.05) is 13.8 Å². The van der Waals surface area contributed by atoms with Crippen LogP contribution in [0.5, 0.6) is 0 Å². The first-order chi connectivity index (χ1) is 11.1. The Morgan fingerprint density at radius 3 is 2.33 bits per heavy atom. The fourth-order valence-corrected chi connectivity index (χ4v) is 3.12. The summed E-state index contributed by atoms with van der Waals surface area (Å²) in [5.41, 5.74) is -0.776. The summed E-state index contributed by atoms with van der Waals surface area (Å²) in [6, 6.07) is 0. The second-order valence-electron chi connectivity index (χ2n) is 6.05. The van der Waals surface area contributed by atoms with Gasteiger partial charge in [-0.15, -0.1) is 0 Å². The van der Waals surface area contributed by atoms with Gasteiger partial charge in [0.2, 0.25) is 0 Å². The van der Waals surface area contributed by atoms with Gasteiger partial charge in [0.15, 0.2) is 5.65 Å². The third-order valence-corrected chi connectivity index (χ3v) is 4.61. The molecule has 0 bridgehead atoms. The van der Waals surface area contributed by atoms with Gasteiger partial charge in [-0.3, -0.25) is 18.7 Å². The van der Waals surface area contributed by atoms with Crippen LogP contribution in [0.4, 0.5) is 0 Å². The highest BCUT2D eigenvalue weighted by Gasteiger charge is 2.21. The van der Waals surface area contributed by atoms with Crippen LogP contribution in [0, 0.1) is 5.92 Å². The van der Waals surface area contributed by atoms with Crippen LogP contribution in [-0.2, 0) is 25.3 Å². The highest BCUT2D eigenvalue weighted by atomic mass is 32.2. The number of carboxylic acids is 1. The fraction of sp³-hybridized carbons (Fsp3) is 0.533. The van der Waals surface area contributed by atoms with Crippen LogP contribution in [-0.4, -0.2) is 35.4 Å². The van der Waals surface area contributed by atoms with Gasteiger partial charge in [-0.1, -0.05) is 25.6 Å². The molecule has 0 spiro atoms. The van der Waals surface area contributed by atoms with Crippen molar-refractivity contribution in [2.75, 3.05) is 0 Å². The molecule has 1 atom stereocenters. The van der Waals surface area contributed by atoms with Crippen LogP contribution in [0.25, 0.3) is 11.0 Å². The summed E-state index contributed by atoms with van der Waals surface area (Å²) >= 11 is 0.980. The number of hydrogen-bond donors (Lipinski definition) is 1. The van der Waals surface area contributed by atoms with Crippen LogP contribution >= 0.6 is 11.8 Å². The van der Waals surface area contributed by atoms with Crippen molar-refractivity contribution in [3.05, 3.63) is 26.7 Å². The van der Waals surface area contributed by atoms with E-state index < -0.39 is 22.5 Å². The number of nitrogens with zero attached hydrogens (tertiary/aromatic N) is 4. The maximum Gasteiger partial charge on any atom is 0.332 e. The lowest BCUT2D eigenvalue weighted by molar-refractivity contribution is -0.136. The Hall–Kier alpha value is -2.16. The number of aliphatic carboxylic acids is 1. The Morgan fingerprint density at radius 2 is 1.79 bits per heavy atom. The highest BCUT2D eigenvalue weighted by Crippen LogP contribution is 2.26. The standard InChI is InChI=1S/C15H20N4O4S/c1-7(2)6-9-16-11-10(12(17-9)24-8(3)14(21)22)13(20)19(5)15(23)18(11)4/h7-8H,6H2,1-5H3,(H,21,22)/t8-/m0/s1. The zero-order valence-corrected chi connectivity index (χ0v) is 15.0. The lowest BCUT2D eigenvalue weighted by Crippen LogP contribution is -2.38. The van der Waals surface area contributed by atoms with Crippen LogP contribution in [0.15, 0.2) is 14.6 Å². The highest BCUT2D eigenvalue weighted by molar-refractivity contribution is 8.00. The molecule has 0 aliphatic rings. The molecule has 2 aromatic heterocycles. The summed E-state index contributed by atoms with van der Waals surface area (Å²) < 4.78 is 2.26. The van der Waals surface area contributed by atoms with E-state index in [0.29, 0.717) is 17.3 Å². The number of rotatable bonds is 5. The zero-order chi connectivity index (χ0) is 18.2. The van der Waals surface area contributed by atoms with Crippen molar-refractivity contribution >= 4 is 28.8 Å². The first-order valence-electron chi connectivity index (χ1n) is 7.49. The van der Waals surface area contributed by atoms with E-state index in [4.69, 9.17) is 5.11 Å². The molecule has 0 aliphatic carbocycles. The molecule has 9 heteroatoms. The van der Waals surface area contributed by atoms with Gasteiger partial charge in [-0.2, -0.15) is 0 Å². The van der Waals surface area contributed by atoms with E-state index in [0.717, 1.165) is 16.3 Å². The molecule has 24 heavy (non-hydrogen) atoms. The van der Waals surface area contributed by atoms with Gasteiger partial charge < -0.3 is 5.11 Å². The van der Waals surface area contributed by atoms with E-state index >= 15 is 0 Å². The quantitative estimate of drug-likeness (QED) is 0.626. The van der Waals surface area contributed by atoms with Crippen molar-refractivity contribution in [2.45, 2.75) is 37.5 Å². The third-order valence-electron chi connectivity index (χ3n) is 3.54. The molecule has 0 radical (unpaired) electrons. The Labute approximate surface area is 142 Å². The molecular formula is C15H20N4O4S. The SMILES string of the molecule is CC(C)Cc1nc(S[C@@H](C)C(=O)O)c2c(=O)n(C)c(=O)n(C)c2n1. The lowest BCUT2D eigenvalue weighted by Gasteiger charge is -2.13. The van der Waals surface area contributed by atoms with Crippen molar-refractivity contribution in [2.24, 2.45) is 20.0 Å². The van der Waals surface area contributed by atoms with Gasteiger partial charge in [0.05, 0.1) is 0 Å². The molecule has 2 rings (SSSR count). The molecule has 0 amide bonds. The minimum Gasteiger partial charge on any atom is -0.480 e. The summed E-state index contributed by atoms with van der Waals surface area (Å²) in [6.07, 6.45) is 0.564. The van der Waals surface area contributed by atoms with Crippen LogP contribution in [0.1, 0.15) is 26.6 Å². The second kappa shape index (κ2) is 6.76. The van der Waals surface area contributed by atoms with Crippen molar-refractivity contribution in [3.8, 4) is 0 Å². The number of aromatic nitrogens is 4. The maximum atomic E-state index is 12.5.